The van der Waals surface area contributed by atoms with E-state index in [1.165, 1.54) is 19.1 Å². The average molecular weight is 285 g/mol. The van der Waals surface area contributed by atoms with E-state index < -0.39 is 0 Å². The molecule has 0 N–H and O–H groups in total. The van der Waals surface area contributed by atoms with E-state index in [4.69, 9.17) is 0 Å². The maximum Gasteiger partial charge on any atom is 0.161 e. The summed E-state index contributed by atoms with van der Waals surface area (Å²) in [6.45, 7) is 6.29. The van der Waals surface area contributed by atoms with Crippen LogP contribution in [-0.2, 0) is 6.54 Å². The highest BCUT2D eigenvalue weighted by Gasteiger charge is 2.17. The molecule has 0 heterocycles. The van der Waals surface area contributed by atoms with Crippen LogP contribution in [0.2, 0.25) is 0 Å². The van der Waals surface area contributed by atoms with Gasteiger partial charge in [0.1, 0.15) is 5.82 Å². The summed E-state index contributed by atoms with van der Waals surface area (Å²) >= 11 is 0. The summed E-state index contributed by atoms with van der Waals surface area (Å²) in [5, 5.41) is 0. The Labute approximate surface area is 125 Å². The first-order chi connectivity index (χ1) is 9.99. The van der Waals surface area contributed by atoms with Gasteiger partial charge in [0.15, 0.2) is 5.78 Å². The summed E-state index contributed by atoms with van der Waals surface area (Å²) in [7, 11) is 0. The lowest BCUT2D eigenvalue weighted by Gasteiger charge is -2.30. The van der Waals surface area contributed by atoms with Crippen molar-refractivity contribution in [2.24, 2.45) is 0 Å². The minimum atomic E-state index is -0.382. The van der Waals surface area contributed by atoms with Crippen LogP contribution >= 0.6 is 0 Å². The van der Waals surface area contributed by atoms with Gasteiger partial charge in [0.2, 0.25) is 0 Å². The molecular formula is C18H20FNO. The molecule has 0 aliphatic carbocycles. The van der Waals surface area contributed by atoms with Crippen molar-refractivity contribution >= 4 is 11.5 Å². The minimum Gasteiger partial charge on any atom is -0.364 e. The van der Waals surface area contributed by atoms with Crippen LogP contribution in [0.1, 0.15) is 36.7 Å². The second kappa shape index (κ2) is 6.53. The lowest BCUT2D eigenvalue weighted by Crippen LogP contribution is -2.31. The molecule has 2 rings (SSSR count). The SMILES string of the molecule is CC(=O)c1cc(F)ccc1N(Cc1ccccc1)C(C)C. The lowest BCUT2D eigenvalue weighted by atomic mass is 10.1. The highest BCUT2D eigenvalue weighted by atomic mass is 19.1. The Morgan fingerprint density at radius 2 is 1.81 bits per heavy atom. The zero-order valence-electron chi connectivity index (χ0n) is 12.6. The average Bonchev–Trinajstić information content (AvgIpc) is 2.46. The summed E-state index contributed by atoms with van der Waals surface area (Å²) in [5.74, 6) is -0.504. The molecule has 0 fully saturated rings. The van der Waals surface area contributed by atoms with E-state index in [1.807, 2.05) is 30.3 Å². The van der Waals surface area contributed by atoms with Crippen molar-refractivity contribution in [1.82, 2.24) is 0 Å². The fourth-order valence-electron chi connectivity index (χ4n) is 2.37. The zero-order chi connectivity index (χ0) is 15.4. The standard InChI is InChI=1S/C18H20FNO/c1-13(2)20(12-15-7-5-4-6-8-15)18-10-9-16(19)11-17(18)14(3)21/h4-11,13H,12H2,1-3H3. The zero-order valence-corrected chi connectivity index (χ0v) is 12.6. The number of hydrogen-bond acceptors (Lipinski definition) is 2. The van der Waals surface area contributed by atoms with Crippen LogP contribution in [0, 0.1) is 5.82 Å². The first-order valence-corrected chi connectivity index (χ1v) is 7.10. The Morgan fingerprint density at radius 3 is 2.38 bits per heavy atom. The molecular weight excluding hydrogens is 265 g/mol. The number of hydrogen-bond donors (Lipinski definition) is 0. The van der Waals surface area contributed by atoms with E-state index >= 15 is 0 Å². The van der Waals surface area contributed by atoms with Crippen LogP contribution in [0.4, 0.5) is 10.1 Å². The second-order valence-corrected chi connectivity index (χ2v) is 5.42. The Morgan fingerprint density at radius 1 is 1.14 bits per heavy atom. The van der Waals surface area contributed by atoms with Gasteiger partial charge in [0.05, 0.1) is 0 Å². The Bertz CT molecular complexity index is 622. The summed E-state index contributed by atoms with van der Waals surface area (Å²) in [6, 6.07) is 14.7. The van der Waals surface area contributed by atoms with E-state index in [0.29, 0.717) is 12.1 Å². The summed E-state index contributed by atoms with van der Waals surface area (Å²) in [6.07, 6.45) is 0. The smallest absolute Gasteiger partial charge is 0.161 e. The maximum atomic E-state index is 13.4. The van der Waals surface area contributed by atoms with Crippen LogP contribution in [0.5, 0.6) is 0 Å². The molecule has 2 nitrogen and oxygen atoms in total. The van der Waals surface area contributed by atoms with Crippen LogP contribution in [0.3, 0.4) is 0 Å². The van der Waals surface area contributed by atoms with E-state index in [9.17, 15) is 9.18 Å². The fraction of sp³-hybridized carbons (Fsp3) is 0.278. The lowest BCUT2D eigenvalue weighted by molar-refractivity contribution is 0.101. The van der Waals surface area contributed by atoms with Crippen molar-refractivity contribution in [3.63, 3.8) is 0 Å². The van der Waals surface area contributed by atoms with Crippen LogP contribution in [0.25, 0.3) is 0 Å². The normalized spacial score (nSPS) is 10.7. The van der Waals surface area contributed by atoms with E-state index in [1.54, 1.807) is 6.07 Å². The molecule has 3 heteroatoms. The summed E-state index contributed by atoms with van der Waals surface area (Å²) in [4.78, 5) is 13.9. The molecule has 0 aliphatic rings. The summed E-state index contributed by atoms with van der Waals surface area (Å²) < 4.78 is 13.4. The molecule has 0 aliphatic heterocycles. The van der Waals surface area contributed by atoms with Gasteiger partial charge >= 0.3 is 0 Å². The summed E-state index contributed by atoms with van der Waals surface area (Å²) in [5.41, 5.74) is 2.37. The molecule has 2 aromatic rings. The van der Waals surface area contributed by atoms with E-state index in [-0.39, 0.29) is 17.6 Å². The minimum absolute atomic E-state index is 0.122. The van der Waals surface area contributed by atoms with Crippen molar-refractivity contribution in [2.75, 3.05) is 4.90 Å². The van der Waals surface area contributed by atoms with Gasteiger partial charge in [-0.1, -0.05) is 30.3 Å². The van der Waals surface area contributed by atoms with Crippen molar-refractivity contribution in [3.8, 4) is 0 Å². The van der Waals surface area contributed by atoms with Gasteiger partial charge < -0.3 is 4.90 Å². The third-order valence-corrected chi connectivity index (χ3v) is 3.47. The largest absolute Gasteiger partial charge is 0.364 e. The molecule has 21 heavy (non-hydrogen) atoms. The highest BCUT2D eigenvalue weighted by Crippen LogP contribution is 2.26. The molecule has 0 aromatic heterocycles. The van der Waals surface area contributed by atoms with Crippen LogP contribution in [0.15, 0.2) is 48.5 Å². The first kappa shape index (κ1) is 15.2. The predicted octanol–water partition coefficient (Wildman–Crippen LogP) is 4.44. The molecule has 2 aromatic carbocycles. The van der Waals surface area contributed by atoms with E-state index in [0.717, 1.165) is 11.3 Å². The monoisotopic (exact) mass is 285 g/mol. The van der Waals surface area contributed by atoms with Gasteiger partial charge in [-0.2, -0.15) is 0 Å². The van der Waals surface area contributed by atoms with Crippen molar-refractivity contribution in [2.45, 2.75) is 33.4 Å². The highest BCUT2D eigenvalue weighted by molar-refractivity contribution is 5.99. The predicted molar refractivity (Wildman–Crippen MR) is 84.2 cm³/mol. The molecule has 0 radical (unpaired) electrons. The van der Waals surface area contributed by atoms with Gasteiger partial charge in [-0.15, -0.1) is 0 Å². The van der Waals surface area contributed by atoms with Gasteiger partial charge in [-0.25, -0.2) is 4.39 Å². The molecule has 110 valence electrons. The number of halogens is 1. The fourth-order valence-corrected chi connectivity index (χ4v) is 2.37. The van der Waals surface area contributed by atoms with Crippen LogP contribution < -0.4 is 4.90 Å². The molecule has 0 unspecified atom stereocenters. The molecule has 0 saturated heterocycles. The first-order valence-electron chi connectivity index (χ1n) is 7.10. The van der Waals surface area contributed by atoms with Crippen LogP contribution in [-0.4, -0.2) is 11.8 Å². The maximum absolute atomic E-state index is 13.4. The van der Waals surface area contributed by atoms with Crippen molar-refractivity contribution in [3.05, 3.63) is 65.5 Å². The molecule has 0 spiro atoms. The topological polar surface area (TPSA) is 20.3 Å². The molecule has 0 atom stereocenters. The molecule has 0 amide bonds. The second-order valence-electron chi connectivity index (χ2n) is 5.42. The Balaban J connectivity index is 2.41. The third-order valence-electron chi connectivity index (χ3n) is 3.47. The van der Waals surface area contributed by atoms with Gasteiger partial charge in [0.25, 0.3) is 0 Å². The molecule has 0 saturated carbocycles. The number of carbonyl (C=O) groups is 1. The van der Waals surface area contributed by atoms with Gasteiger partial charge in [-0.3, -0.25) is 4.79 Å². The number of ketones is 1. The molecule has 0 bridgehead atoms. The van der Waals surface area contributed by atoms with Gasteiger partial charge in [-0.05, 0) is 44.5 Å². The Hall–Kier alpha value is -2.16. The number of carbonyl (C=O) groups excluding carboxylic acids is 1. The van der Waals surface area contributed by atoms with Gasteiger partial charge in [0, 0.05) is 23.8 Å². The number of nitrogens with zero attached hydrogens (tertiary/aromatic N) is 1. The number of rotatable bonds is 5. The third kappa shape index (κ3) is 3.69. The number of Topliss-reactive ketones (excluding diaryl/α,β-unsaturated/α-hetero) is 1. The van der Waals surface area contributed by atoms with Crippen molar-refractivity contribution < 1.29 is 9.18 Å². The quantitative estimate of drug-likeness (QED) is 0.757. The van der Waals surface area contributed by atoms with E-state index in [2.05, 4.69) is 18.7 Å². The Kier molecular flexibility index (Phi) is 4.73. The number of benzene rings is 2. The van der Waals surface area contributed by atoms with Crippen molar-refractivity contribution in [1.29, 1.82) is 0 Å². The number of anilines is 1.